The van der Waals surface area contributed by atoms with Crippen LogP contribution < -0.4 is 0 Å². The lowest BCUT2D eigenvalue weighted by atomic mass is 9.82. The quantitative estimate of drug-likeness (QED) is 0.663. The highest BCUT2D eigenvalue weighted by atomic mass is 16.4. The highest BCUT2D eigenvalue weighted by molar-refractivity contribution is 5.85. The molecule has 0 saturated heterocycles. The lowest BCUT2D eigenvalue weighted by Gasteiger charge is -2.30. The van der Waals surface area contributed by atoms with Crippen LogP contribution in [0.25, 0.3) is 0 Å². The standard InChI is InChI=1S/C8H18O2.C5H8O2/c1-6(2)7(10)8(3,4)5-9;1-3-4(2)5(6)7/h6-7,9-10H,5H2,1-4H3;3H,1-2H3,(H,6,7). The summed E-state index contributed by atoms with van der Waals surface area (Å²) < 4.78 is 0. The van der Waals surface area contributed by atoms with Gasteiger partial charge in [0.1, 0.15) is 0 Å². The van der Waals surface area contributed by atoms with Crippen LogP contribution in [-0.4, -0.2) is 34.0 Å². The molecule has 1 atom stereocenters. The van der Waals surface area contributed by atoms with Crippen molar-refractivity contribution in [1.29, 1.82) is 0 Å². The summed E-state index contributed by atoms with van der Waals surface area (Å²) in [6.07, 6.45) is 1.14. The molecular formula is C13H26O4. The monoisotopic (exact) mass is 246 g/mol. The highest BCUT2D eigenvalue weighted by Crippen LogP contribution is 2.24. The molecule has 1 unspecified atom stereocenters. The maximum absolute atomic E-state index is 9.86. The lowest BCUT2D eigenvalue weighted by molar-refractivity contribution is -0.132. The molecular weight excluding hydrogens is 220 g/mol. The summed E-state index contributed by atoms with van der Waals surface area (Å²) in [6, 6.07) is 0. The highest BCUT2D eigenvalue weighted by Gasteiger charge is 2.28. The Morgan fingerprint density at radius 2 is 1.76 bits per heavy atom. The van der Waals surface area contributed by atoms with Crippen molar-refractivity contribution in [1.82, 2.24) is 0 Å². The van der Waals surface area contributed by atoms with Crippen molar-refractivity contribution < 1.29 is 20.1 Å². The molecule has 0 aliphatic carbocycles. The van der Waals surface area contributed by atoms with E-state index in [0.717, 1.165) is 0 Å². The average molecular weight is 246 g/mol. The van der Waals surface area contributed by atoms with Crippen molar-refractivity contribution in [3.05, 3.63) is 11.6 Å². The summed E-state index contributed by atoms with van der Waals surface area (Å²) >= 11 is 0. The molecule has 4 nitrogen and oxygen atoms in total. The third-order valence-electron chi connectivity index (χ3n) is 2.61. The first-order valence-corrected chi connectivity index (χ1v) is 5.75. The summed E-state index contributed by atoms with van der Waals surface area (Å²) in [7, 11) is 0. The minimum Gasteiger partial charge on any atom is -0.478 e. The fourth-order valence-electron chi connectivity index (χ4n) is 1.12. The molecule has 0 bridgehead atoms. The van der Waals surface area contributed by atoms with E-state index in [1.54, 1.807) is 19.9 Å². The molecule has 3 N–H and O–H groups in total. The molecule has 0 aliphatic heterocycles. The number of rotatable bonds is 4. The Hall–Kier alpha value is -0.870. The van der Waals surface area contributed by atoms with Crippen LogP contribution in [0.2, 0.25) is 0 Å². The van der Waals surface area contributed by atoms with Gasteiger partial charge in [0, 0.05) is 11.0 Å². The van der Waals surface area contributed by atoms with Gasteiger partial charge in [0.05, 0.1) is 12.7 Å². The second-order valence-corrected chi connectivity index (χ2v) is 5.11. The van der Waals surface area contributed by atoms with E-state index in [2.05, 4.69) is 0 Å². The van der Waals surface area contributed by atoms with Crippen molar-refractivity contribution in [2.75, 3.05) is 6.61 Å². The Balaban J connectivity index is 0. The number of aliphatic hydroxyl groups excluding tert-OH is 2. The van der Waals surface area contributed by atoms with Crippen molar-refractivity contribution in [3.8, 4) is 0 Å². The molecule has 0 radical (unpaired) electrons. The maximum Gasteiger partial charge on any atom is 0.330 e. The number of carbonyl (C=O) groups is 1. The molecule has 17 heavy (non-hydrogen) atoms. The van der Waals surface area contributed by atoms with Gasteiger partial charge in [-0.25, -0.2) is 4.79 Å². The normalized spacial score (nSPS) is 14.1. The summed E-state index contributed by atoms with van der Waals surface area (Å²) in [5.41, 5.74) is 0.0220. The second-order valence-electron chi connectivity index (χ2n) is 5.11. The van der Waals surface area contributed by atoms with Crippen LogP contribution in [0.1, 0.15) is 41.5 Å². The van der Waals surface area contributed by atoms with Gasteiger partial charge >= 0.3 is 5.97 Å². The molecule has 0 aromatic carbocycles. The van der Waals surface area contributed by atoms with E-state index in [1.807, 2.05) is 27.7 Å². The van der Waals surface area contributed by atoms with Crippen LogP contribution in [0.3, 0.4) is 0 Å². The molecule has 0 saturated carbocycles. The van der Waals surface area contributed by atoms with Crippen molar-refractivity contribution in [2.24, 2.45) is 11.3 Å². The van der Waals surface area contributed by atoms with Crippen LogP contribution in [0, 0.1) is 11.3 Å². The number of hydrogen-bond donors (Lipinski definition) is 3. The van der Waals surface area contributed by atoms with E-state index in [-0.39, 0.29) is 17.9 Å². The zero-order valence-corrected chi connectivity index (χ0v) is 11.7. The molecule has 0 rings (SSSR count). The average Bonchev–Trinajstić information content (AvgIpc) is 2.27. The maximum atomic E-state index is 9.86. The van der Waals surface area contributed by atoms with E-state index in [1.165, 1.54) is 0 Å². The van der Waals surface area contributed by atoms with Crippen LogP contribution in [-0.2, 0) is 4.79 Å². The predicted octanol–water partition coefficient (Wildman–Crippen LogP) is 2.06. The fraction of sp³-hybridized carbons (Fsp3) is 0.769. The smallest absolute Gasteiger partial charge is 0.330 e. The largest absolute Gasteiger partial charge is 0.478 e. The van der Waals surface area contributed by atoms with Gasteiger partial charge in [-0.1, -0.05) is 33.8 Å². The molecule has 0 aromatic heterocycles. The zero-order chi connectivity index (χ0) is 14.2. The minimum atomic E-state index is -0.845. The summed E-state index contributed by atoms with van der Waals surface area (Å²) in [5.74, 6) is -0.635. The Morgan fingerprint density at radius 3 is 1.82 bits per heavy atom. The number of aliphatic carboxylic acids is 1. The third kappa shape index (κ3) is 7.94. The molecule has 0 spiro atoms. The Labute approximate surface area is 104 Å². The number of allylic oxidation sites excluding steroid dienone is 1. The Bertz CT molecular complexity index is 254. The lowest BCUT2D eigenvalue weighted by Crippen LogP contribution is -2.36. The number of aliphatic hydroxyl groups is 2. The Morgan fingerprint density at radius 1 is 1.35 bits per heavy atom. The third-order valence-corrected chi connectivity index (χ3v) is 2.61. The van der Waals surface area contributed by atoms with E-state index >= 15 is 0 Å². The molecule has 0 aliphatic rings. The predicted molar refractivity (Wildman–Crippen MR) is 68.8 cm³/mol. The minimum absolute atomic E-state index is 0.0341. The SMILES string of the molecule is CC(C)C(O)C(C)(C)CO.CC=C(C)C(=O)O. The van der Waals surface area contributed by atoms with E-state index in [4.69, 9.17) is 10.2 Å². The van der Waals surface area contributed by atoms with Gasteiger partial charge in [-0.05, 0) is 19.8 Å². The van der Waals surface area contributed by atoms with Crippen LogP contribution in [0.4, 0.5) is 0 Å². The molecule has 0 amide bonds. The van der Waals surface area contributed by atoms with Crippen molar-refractivity contribution >= 4 is 5.97 Å². The topological polar surface area (TPSA) is 77.8 Å². The first-order valence-electron chi connectivity index (χ1n) is 5.75. The molecule has 0 heterocycles. The van der Waals surface area contributed by atoms with Crippen LogP contribution in [0.15, 0.2) is 11.6 Å². The summed E-state index contributed by atoms with van der Waals surface area (Å²) in [6.45, 7) is 10.9. The molecule has 0 fully saturated rings. The summed E-state index contributed by atoms with van der Waals surface area (Å²) in [5, 5.41) is 26.5. The molecule has 0 aromatic rings. The van der Waals surface area contributed by atoms with E-state index in [9.17, 15) is 9.90 Å². The fourth-order valence-corrected chi connectivity index (χ4v) is 1.12. The number of carboxylic acids is 1. The van der Waals surface area contributed by atoms with Gasteiger partial charge in [0.2, 0.25) is 0 Å². The summed E-state index contributed by atoms with van der Waals surface area (Å²) in [4.78, 5) is 9.86. The van der Waals surface area contributed by atoms with Crippen LogP contribution >= 0.6 is 0 Å². The molecule has 4 heteroatoms. The van der Waals surface area contributed by atoms with Gasteiger partial charge in [-0.15, -0.1) is 0 Å². The van der Waals surface area contributed by atoms with Gasteiger partial charge in [-0.2, -0.15) is 0 Å². The number of hydrogen-bond acceptors (Lipinski definition) is 3. The van der Waals surface area contributed by atoms with E-state index in [0.29, 0.717) is 5.57 Å². The number of carboxylic acid groups (broad SMARTS) is 1. The first-order chi connectivity index (χ1) is 7.60. The van der Waals surface area contributed by atoms with Crippen LogP contribution in [0.5, 0.6) is 0 Å². The van der Waals surface area contributed by atoms with Gasteiger partial charge in [0.25, 0.3) is 0 Å². The Kier molecular flexibility index (Phi) is 8.98. The van der Waals surface area contributed by atoms with Gasteiger partial charge in [0.15, 0.2) is 0 Å². The van der Waals surface area contributed by atoms with Crippen molar-refractivity contribution in [2.45, 2.75) is 47.6 Å². The van der Waals surface area contributed by atoms with Gasteiger partial charge in [-0.3, -0.25) is 0 Å². The second kappa shape index (κ2) is 8.25. The zero-order valence-electron chi connectivity index (χ0n) is 11.7. The van der Waals surface area contributed by atoms with E-state index < -0.39 is 12.1 Å². The van der Waals surface area contributed by atoms with Gasteiger partial charge < -0.3 is 15.3 Å². The molecule has 102 valence electrons. The van der Waals surface area contributed by atoms with Crippen molar-refractivity contribution in [3.63, 3.8) is 0 Å². The first kappa shape index (κ1) is 18.5.